The van der Waals surface area contributed by atoms with E-state index in [-0.39, 0.29) is 31.9 Å². The summed E-state index contributed by atoms with van der Waals surface area (Å²) in [7, 11) is 0. The molecule has 2 aromatic rings. The molecule has 0 radical (unpaired) electrons. The van der Waals surface area contributed by atoms with Gasteiger partial charge in [-0.05, 0) is 68.5 Å². The van der Waals surface area contributed by atoms with Crippen LogP contribution in [0.25, 0.3) is 5.57 Å². The van der Waals surface area contributed by atoms with Crippen molar-refractivity contribution in [3.05, 3.63) is 95.5 Å². The average Bonchev–Trinajstić information content (AvgIpc) is 3.26. The lowest BCUT2D eigenvalue weighted by molar-refractivity contribution is -0.138. The third-order valence-electron chi connectivity index (χ3n) is 7.13. The summed E-state index contributed by atoms with van der Waals surface area (Å²) in [6.45, 7) is 5.84. The zero-order valence-electron chi connectivity index (χ0n) is 25.0. The molecular formula is C34H42FN3O5. The monoisotopic (exact) mass is 591 g/mol. The fourth-order valence-corrected chi connectivity index (χ4v) is 4.90. The van der Waals surface area contributed by atoms with Gasteiger partial charge in [-0.3, -0.25) is 9.59 Å². The van der Waals surface area contributed by atoms with Crippen LogP contribution in [0, 0.1) is 5.82 Å². The number of halogens is 1. The number of fused-ring (bicyclic) bond motifs is 1. The molecule has 3 N–H and O–H groups in total. The van der Waals surface area contributed by atoms with E-state index in [9.17, 15) is 14.0 Å². The van der Waals surface area contributed by atoms with Gasteiger partial charge >= 0.3 is 5.97 Å². The van der Waals surface area contributed by atoms with Crippen LogP contribution in [0.2, 0.25) is 0 Å². The van der Waals surface area contributed by atoms with Crippen LogP contribution in [-0.4, -0.2) is 48.5 Å². The van der Waals surface area contributed by atoms with Gasteiger partial charge in [0.15, 0.2) is 5.76 Å². The average molecular weight is 592 g/mol. The summed E-state index contributed by atoms with van der Waals surface area (Å²) in [6.07, 6.45) is 13.7. The molecule has 2 aliphatic heterocycles. The summed E-state index contributed by atoms with van der Waals surface area (Å²) in [5.74, 6) is -0.921. The second kappa shape index (κ2) is 17.7. The maximum absolute atomic E-state index is 12.3. The van der Waals surface area contributed by atoms with Gasteiger partial charge in [0.25, 0.3) is 0 Å². The lowest BCUT2D eigenvalue weighted by Gasteiger charge is -2.25. The lowest BCUT2D eigenvalue weighted by atomic mass is 10.0. The molecule has 2 aromatic carbocycles. The molecule has 9 heteroatoms. The number of ether oxygens (including phenoxy) is 1. The number of aliphatic carboxylic acids is 1. The number of para-hydroxylation sites is 1. The van der Waals surface area contributed by atoms with Crippen molar-refractivity contribution >= 4 is 28.8 Å². The van der Waals surface area contributed by atoms with Crippen molar-refractivity contribution < 1.29 is 28.7 Å². The molecule has 1 atom stereocenters. The van der Waals surface area contributed by atoms with Crippen molar-refractivity contribution in [1.29, 1.82) is 0 Å². The Morgan fingerprint density at radius 3 is 2.60 bits per heavy atom. The van der Waals surface area contributed by atoms with Gasteiger partial charge in [0, 0.05) is 24.2 Å². The maximum atomic E-state index is 12.3. The summed E-state index contributed by atoms with van der Waals surface area (Å²) in [5.41, 5.74) is 10.8. The molecule has 1 amide bonds. The Labute approximate surface area is 253 Å². The van der Waals surface area contributed by atoms with Crippen LogP contribution in [0.15, 0.2) is 83.7 Å². The zero-order valence-corrected chi connectivity index (χ0v) is 25.0. The van der Waals surface area contributed by atoms with Crippen LogP contribution in [0.5, 0.6) is 0 Å². The van der Waals surface area contributed by atoms with Gasteiger partial charge in [0.2, 0.25) is 5.91 Å². The Morgan fingerprint density at radius 1 is 1.16 bits per heavy atom. The first kappa shape index (κ1) is 33.3. The zero-order chi connectivity index (χ0) is 31.0. The summed E-state index contributed by atoms with van der Waals surface area (Å²) in [4.78, 5) is 28.8. The number of carbonyl (C=O) groups excluding carboxylic acids is 1. The van der Waals surface area contributed by atoms with E-state index in [1.165, 1.54) is 29.0 Å². The van der Waals surface area contributed by atoms with E-state index < -0.39 is 11.9 Å². The number of oxime groups is 1. The van der Waals surface area contributed by atoms with Crippen LogP contribution >= 0.6 is 0 Å². The second-order valence-electron chi connectivity index (χ2n) is 10.4. The van der Waals surface area contributed by atoms with Crippen molar-refractivity contribution in [3.8, 4) is 0 Å². The summed E-state index contributed by atoms with van der Waals surface area (Å²) < 4.78 is 17.6. The molecule has 1 unspecified atom stereocenters. The molecule has 0 spiro atoms. The van der Waals surface area contributed by atoms with Gasteiger partial charge in [-0.2, -0.15) is 0 Å². The SMILES string of the molecule is C/C=C\C=C1\c2ccccc2N(CCCCCC2=NOC(COCCC(=O)O)=CC2)C1C.NC(=O)Cc1ccc(F)cc1. The first-order valence-electron chi connectivity index (χ1n) is 14.7. The molecule has 2 heterocycles. The van der Waals surface area contributed by atoms with Crippen LogP contribution < -0.4 is 10.6 Å². The van der Waals surface area contributed by atoms with Gasteiger partial charge in [0.1, 0.15) is 12.4 Å². The molecular weight excluding hydrogens is 549 g/mol. The van der Waals surface area contributed by atoms with E-state index in [0.29, 0.717) is 11.8 Å². The smallest absolute Gasteiger partial charge is 0.305 e. The van der Waals surface area contributed by atoms with Gasteiger partial charge in [-0.15, -0.1) is 0 Å². The number of nitrogens with zero attached hydrogens (tertiary/aromatic N) is 2. The number of anilines is 1. The number of carboxylic acid groups (broad SMARTS) is 1. The molecule has 0 aliphatic carbocycles. The Kier molecular flexibility index (Phi) is 13.7. The number of allylic oxidation sites excluding steroid dienone is 4. The molecule has 230 valence electrons. The Bertz CT molecular complexity index is 1330. The van der Waals surface area contributed by atoms with Crippen LogP contribution in [-0.2, 0) is 25.6 Å². The minimum atomic E-state index is -0.863. The number of primary amides is 1. The van der Waals surface area contributed by atoms with Crippen LogP contribution in [0.1, 0.15) is 63.5 Å². The van der Waals surface area contributed by atoms with Crippen molar-refractivity contribution in [3.63, 3.8) is 0 Å². The fourth-order valence-electron chi connectivity index (χ4n) is 4.90. The van der Waals surface area contributed by atoms with Gasteiger partial charge in [0.05, 0.1) is 31.2 Å². The molecule has 0 fully saturated rings. The maximum Gasteiger partial charge on any atom is 0.305 e. The standard InChI is InChI=1S/C26H34N2O4.C8H8FNO/c1-3-4-11-23-20(2)28(25-13-8-7-12-24(23)25)17-9-5-6-10-21-14-15-22(32-27-21)19-31-18-16-26(29)30;9-7-3-1-6(2-4-7)5-8(10)11/h3-4,7-8,11-13,15,20H,5-6,9-10,14,16-19H2,1-2H3,(H,29,30);1-4H,5H2,(H2,10,11)/b4-3-,23-11+;. The Morgan fingerprint density at radius 2 is 1.93 bits per heavy atom. The van der Waals surface area contributed by atoms with Crippen molar-refractivity contribution in [1.82, 2.24) is 0 Å². The number of nitrogens with two attached hydrogens (primary N) is 1. The number of amides is 1. The van der Waals surface area contributed by atoms with Crippen molar-refractivity contribution in [2.45, 2.75) is 64.8 Å². The highest BCUT2D eigenvalue weighted by Crippen LogP contribution is 2.40. The molecule has 2 aliphatic rings. The fraction of sp³-hybridized carbons (Fsp3) is 0.382. The number of hydrogen-bond acceptors (Lipinski definition) is 6. The quantitative estimate of drug-likeness (QED) is 0.245. The van der Waals surface area contributed by atoms with Gasteiger partial charge < -0.3 is 25.3 Å². The van der Waals surface area contributed by atoms with Crippen LogP contribution in [0.4, 0.5) is 10.1 Å². The Hall–Kier alpha value is -4.24. The normalized spacial score (nSPS) is 16.7. The third kappa shape index (κ3) is 11.2. The number of carbonyl (C=O) groups is 2. The molecule has 0 bridgehead atoms. The van der Waals surface area contributed by atoms with Gasteiger partial charge in [-0.1, -0.05) is 60.1 Å². The molecule has 8 nitrogen and oxygen atoms in total. The minimum Gasteiger partial charge on any atom is -0.481 e. The summed E-state index contributed by atoms with van der Waals surface area (Å²) >= 11 is 0. The van der Waals surface area contributed by atoms with E-state index in [2.05, 4.69) is 66.4 Å². The summed E-state index contributed by atoms with van der Waals surface area (Å²) in [6, 6.07) is 14.8. The molecule has 43 heavy (non-hydrogen) atoms. The van der Waals surface area contributed by atoms with E-state index >= 15 is 0 Å². The third-order valence-corrected chi connectivity index (χ3v) is 7.13. The number of hydrogen-bond donors (Lipinski definition) is 2. The predicted molar refractivity (Wildman–Crippen MR) is 168 cm³/mol. The lowest BCUT2D eigenvalue weighted by Crippen LogP contribution is -2.29. The topological polar surface area (TPSA) is 114 Å². The molecule has 0 saturated carbocycles. The van der Waals surface area contributed by atoms with Crippen molar-refractivity contribution in [2.75, 3.05) is 24.7 Å². The predicted octanol–water partition coefficient (Wildman–Crippen LogP) is 6.42. The highest BCUT2D eigenvalue weighted by atomic mass is 19.1. The van der Waals surface area contributed by atoms with Crippen molar-refractivity contribution in [2.24, 2.45) is 10.9 Å². The van der Waals surface area contributed by atoms with Crippen LogP contribution in [0.3, 0.4) is 0 Å². The number of benzene rings is 2. The molecule has 0 saturated heterocycles. The minimum absolute atomic E-state index is 0.00300. The first-order chi connectivity index (χ1) is 20.8. The first-order valence-corrected chi connectivity index (χ1v) is 14.7. The highest BCUT2D eigenvalue weighted by molar-refractivity contribution is 5.88. The summed E-state index contributed by atoms with van der Waals surface area (Å²) in [5, 5.41) is 12.8. The van der Waals surface area contributed by atoms with E-state index in [1.54, 1.807) is 12.1 Å². The molecule has 4 rings (SSSR count). The second-order valence-corrected chi connectivity index (χ2v) is 10.4. The van der Waals surface area contributed by atoms with E-state index in [1.807, 2.05) is 6.08 Å². The highest BCUT2D eigenvalue weighted by Gasteiger charge is 2.29. The Balaban J connectivity index is 0.000000386. The largest absolute Gasteiger partial charge is 0.481 e. The number of rotatable bonds is 14. The van der Waals surface area contributed by atoms with E-state index in [4.69, 9.17) is 20.4 Å². The molecule has 0 aromatic heterocycles. The van der Waals surface area contributed by atoms with E-state index in [0.717, 1.165) is 49.9 Å². The number of carboxylic acids is 1. The van der Waals surface area contributed by atoms with Gasteiger partial charge in [-0.25, -0.2) is 4.39 Å². The number of unbranched alkanes of at least 4 members (excludes halogenated alkanes) is 2.